The summed E-state index contributed by atoms with van der Waals surface area (Å²) in [6.45, 7) is 0. The molecule has 0 aliphatic carbocycles. The highest BCUT2D eigenvalue weighted by Crippen LogP contribution is 2.37. The summed E-state index contributed by atoms with van der Waals surface area (Å²) in [4.78, 5) is 4.59. The molecular weight excluding hydrogens is 264 g/mol. The van der Waals surface area contributed by atoms with Gasteiger partial charge in [-0.1, -0.05) is 24.3 Å². The molecule has 0 radical (unpaired) electrons. The fourth-order valence-corrected chi connectivity index (χ4v) is 2.64. The minimum atomic E-state index is -0.00666. The quantitative estimate of drug-likeness (QED) is 0.634. The summed E-state index contributed by atoms with van der Waals surface area (Å²) in [5.74, 6) is 0.585. The Morgan fingerprint density at radius 3 is 2.52 bits per heavy atom. The molecule has 3 aromatic carbocycles. The van der Waals surface area contributed by atoms with Crippen molar-refractivity contribution in [2.45, 2.75) is 0 Å². The zero-order chi connectivity index (χ0) is 14.4. The number of phenolic OH excluding ortho intramolecular Hbond substituents is 2. The molecule has 0 saturated heterocycles. The van der Waals surface area contributed by atoms with Crippen molar-refractivity contribution in [3.05, 3.63) is 60.2 Å². The van der Waals surface area contributed by atoms with E-state index in [-0.39, 0.29) is 11.5 Å². The maximum absolute atomic E-state index is 10.0. The second-order valence-corrected chi connectivity index (χ2v) is 4.97. The second-order valence-electron chi connectivity index (χ2n) is 4.97. The molecule has 0 atom stereocenters. The maximum atomic E-state index is 10.0. The van der Waals surface area contributed by atoms with Gasteiger partial charge in [0, 0.05) is 17.1 Å². The topological polar surface area (TPSA) is 64.9 Å². The van der Waals surface area contributed by atoms with Crippen molar-refractivity contribution >= 4 is 28.0 Å². The largest absolute Gasteiger partial charge is 0.508 e. The zero-order valence-corrected chi connectivity index (χ0v) is 11.0. The Bertz CT molecular complexity index is 895. The van der Waals surface area contributed by atoms with Crippen LogP contribution in [0.5, 0.6) is 11.5 Å². The number of benzene rings is 3. The molecule has 4 heteroatoms. The van der Waals surface area contributed by atoms with Crippen LogP contribution < -0.4 is 5.32 Å². The fraction of sp³-hybridized carbons (Fsp3) is 0. The number of anilines is 1. The first-order valence-electron chi connectivity index (χ1n) is 6.62. The van der Waals surface area contributed by atoms with Gasteiger partial charge in [0.25, 0.3) is 0 Å². The summed E-state index contributed by atoms with van der Waals surface area (Å²) in [6.07, 6.45) is 0. The molecule has 0 amide bonds. The van der Waals surface area contributed by atoms with Gasteiger partial charge in [0.1, 0.15) is 17.3 Å². The first kappa shape index (κ1) is 11.8. The average Bonchev–Trinajstić information content (AvgIpc) is 2.47. The molecule has 0 fully saturated rings. The molecule has 1 aliphatic rings. The number of aliphatic imine (C=N–C) groups is 1. The lowest BCUT2D eigenvalue weighted by atomic mass is 10.0. The van der Waals surface area contributed by atoms with Crippen LogP contribution in [0.1, 0.15) is 5.56 Å². The SMILES string of the molecule is Oc1ccc(C2=Nc3cccc4cccc(c34)N2)c(O)c1. The molecule has 4 rings (SSSR count). The van der Waals surface area contributed by atoms with E-state index in [1.807, 2.05) is 36.4 Å². The number of hydrogen-bond donors (Lipinski definition) is 3. The van der Waals surface area contributed by atoms with Gasteiger partial charge in [-0.2, -0.15) is 0 Å². The molecule has 0 saturated carbocycles. The molecule has 102 valence electrons. The lowest BCUT2D eigenvalue weighted by molar-refractivity contribution is 0.450. The Balaban J connectivity index is 1.94. The summed E-state index contributed by atoms with van der Waals surface area (Å²) >= 11 is 0. The summed E-state index contributed by atoms with van der Waals surface area (Å²) < 4.78 is 0. The van der Waals surface area contributed by atoms with Crippen LogP contribution in [0.25, 0.3) is 10.8 Å². The number of amidine groups is 1. The van der Waals surface area contributed by atoms with Crippen molar-refractivity contribution in [3.63, 3.8) is 0 Å². The Hall–Kier alpha value is -3.01. The minimum Gasteiger partial charge on any atom is -0.508 e. The van der Waals surface area contributed by atoms with Gasteiger partial charge in [0.05, 0.1) is 11.3 Å². The molecule has 0 bridgehead atoms. The predicted octanol–water partition coefficient (Wildman–Crippen LogP) is 3.75. The van der Waals surface area contributed by atoms with Crippen molar-refractivity contribution in [1.82, 2.24) is 0 Å². The van der Waals surface area contributed by atoms with Crippen LogP contribution in [0.4, 0.5) is 11.4 Å². The standard InChI is InChI=1S/C17H12N2O2/c20-11-7-8-12(15(21)9-11)17-18-13-5-1-3-10-4-2-6-14(19-17)16(10)13/h1-9,20-21H,(H,18,19). The van der Waals surface area contributed by atoms with Gasteiger partial charge < -0.3 is 15.5 Å². The molecule has 1 aliphatic heterocycles. The molecule has 0 aromatic heterocycles. The molecule has 0 spiro atoms. The van der Waals surface area contributed by atoms with E-state index in [1.54, 1.807) is 6.07 Å². The predicted molar refractivity (Wildman–Crippen MR) is 83.5 cm³/mol. The first-order chi connectivity index (χ1) is 10.2. The number of rotatable bonds is 1. The summed E-state index contributed by atoms with van der Waals surface area (Å²) in [6, 6.07) is 16.4. The molecule has 3 aromatic rings. The van der Waals surface area contributed by atoms with E-state index in [0.29, 0.717) is 11.4 Å². The van der Waals surface area contributed by atoms with E-state index >= 15 is 0 Å². The summed E-state index contributed by atoms with van der Waals surface area (Å²) in [5, 5.41) is 24.8. The average molecular weight is 276 g/mol. The Labute approximate surface area is 121 Å². The van der Waals surface area contributed by atoms with Gasteiger partial charge in [-0.25, -0.2) is 4.99 Å². The number of nitrogens with zero attached hydrogens (tertiary/aromatic N) is 1. The van der Waals surface area contributed by atoms with E-state index in [0.717, 1.165) is 22.1 Å². The van der Waals surface area contributed by atoms with E-state index in [4.69, 9.17) is 0 Å². The monoisotopic (exact) mass is 276 g/mol. The second kappa shape index (κ2) is 4.24. The van der Waals surface area contributed by atoms with Crippen LogP contribution >= 0.6 is 0 Å². The Kier molecular flexibility index (Phi) is 2.38. The third-order valence-electron chi connectivity index (χ3n) is 3.60. The molecule has 0 unspecified atom stereocenters. The van der Waals surface area contributed by atoms with E-state index in [2.05, 4.69) is 10.3 Å². The Morgan fingerprint density at radius 2 is 1.71 bits per heavy atom. The molecular formula is C17H12N2O2. The van der Waals surface area contributed by atoms with Gasteiger partial charge in [0.2, 0.25) is 0 Å². The summed E-state index contributed by atoms with van der Waals surface area (Å²) in [5.41, 5.74) is 2.38. The lowest BCUT2D eigenvalue weighted by Gasteiger charge is -2.19. The van der Waals surface area contributed by atoms with Crippen LogP contribution in [0, 0.1) is 0 Å². The van der Waals surface area contributed by atoms with Gasteiger partial charge in [-0.3, -0.25) is 0 Å². The van der Waals surface area contributed by atoms with Crippen LogP contribution in [-0.2, 0) is 0 Å². The third kappa shape index (κ3) is 1.80. The van der Waals surface area contributed by atoms with Crippen LogP contribution in [0.2, 0.25) is 0 Å². The highest BCUT2D eigenvalue weighted by atomic mass is 16.3. The highest BCUT2D eigenvalue weighted by Gasteiger charge is 2.17. The number of hydrogen-bond acceptors (Lipinski definition) is 4. The number of aromatic hydroxyl groups is 2. The smallest absolute Gasteiger partial charge is 0.142 e. The van der Waals surface area contributed by atoms with Gasteiger partial charge >= 0.3 is 0 Å². The van der Waals surface area contributed by atoms with Crippen LogP contribution in [0.15, 0.2) is 59.6 Å². The lowest BCUT2D eigenvalue weighted by Crippen LogP contribution is -2.16. The van der Waals surface area contributed by atoms with Crippen molar-refractivity contribution in [2.24, 2.45) is 4.99 Å². The van der Waals surface area contributed by atoms with Gasteiger partial charge in [-0.05, 0) is 29.7 Å². The van der Waals surface area contributed by atoms with Crippen LogP contribution in [-0.4, -0.2) is 16.0 Å². The number of phenols is 2. The third-order valence-corrected chi connectivity index (χ3v) is 3.60. The van der Waals surface area contributed by atoms with Crippen molar-refractivity contribution in [2.75, 3.05) is 5.32 Å². The van der Waals surface area contributed by atoms with E-state index in [9.17, 15) is 10.2 Å². The zero-order valence-electron chi connectivity index (χ0n) is 11.0. The first-order valence-corrected chi connectivity index (χ1v) is 6.62. The molecule has 21 heavy (non-hydrogen) atoms. The molecule has 1 heterocycles. The van der Waals surface area contributed by atoms with Gasteiger partial charge in [-0.15, -0.1) is 0 Å². The minimum absolute atomic E-state index is 0.00666. The van der Waals surface area contributed by atoms with E-state index in [1.165, 1.54) is 12.1 Å². The highest BCUT2D eigenvalue weighted by molar-refractivity contribution is 6.19. The fourth-order valence-electron chi connectivity index (χ4n) is 2.64. The van der Waals surface area contributed by atoms with E-state index < -0.39 is 0 Å². The van der Waals surface area contributed by atoms with Gasteiger partial charge in [0.15, 0.2) is 0 Å². The maximum Gasteiger partial charge on any atom is 0.142 e. The van der Waals surface area contributed by atoms with Crippen molar-refractivity contribution in [1.29, 1.82) is 0 Å². The van der Waals surface area contributed by atoms with Crippen molar-refractivity contribution < 1.29 is 10.2 Å². The van der Waals surface area contributed by atoms with Crippen molar-refractivity contribution in [3.8, 4) is 11.5 Å². The molecule has 3 N–H and O–H groups in total. The summed E-state index contributed by atoms with van der Waals surface area (Å²) in [7, 11) is 0. The normalized spacial score (nSPS) is 12.9. The Morgan fingerprint density at radius 1 is 0.905 bits per heavy atom. The molecule has 4 nitrogen and oxygen atoms in total. The van der Waals surface area contributed by atoms with Crippen LogP contribution in [0.3, 0.4) is 0 Å². The number of nitrogens with one attached hydrogen (secondary N) is 1.